The number of aromatic nitrogens is 3. The summed E-state index contributed by atoms with van der Waals surface area (Å²) in [5, 5.41) is 11.7. The summed E-state index contributed by atoms with van der Waals surface area (Å²) >= 11 is 0. The molecule has 94 valence electrons. The number of hydrogen-bond donors (Lipinski definition) is 1. The van der Waals surface area contributed by atoms with Crippen LogP contribution in [0.15, 0.2) is 24.3 Å². The normalized spacial score (nSPS) is 15.0. The van der Waals surface area contributed by atoms with Crippen LogP contribution in [-0.2, 0) is 13.6 Å². The average molecular weight is 246 g/mol. The van der Waals surface area contributed by atoms with Crippen molar-refractivity contribution < 1.29 is 4.39 Å². The van der Waals surface area contributed by atoms with Gasteiger partial charge in [-0.3, -0.25) is 0 Å². The molecule has 1 N–H and O–H groups in total. The molecule has 18 heavy (non-hydrogen) atoms. The summed E-state index contributed by atoms with van der Waals surface area (Å²) in [5.41, 5.74) is 0.879. The molecular weight excluding hydrogens is 231 g/mol. The quantitative estimate of drug-likeness (QED) is 0.895. The largest absolute Gasteiger partial charge is 0.313 e. The Bertz CT molecular complexity index is 543. The predicted molar refractivity (Wildman–Crippen MR) is 66.3 cm³/mol. The van der Waals surface area contributed by atoms with Crippen molar-refractivity contribution in [1.29, 1.82) is 0 Å². The maximum absolute atomic E-state index is 12.9. The third kappa shape index (κ3) is 2.26. The minimum absolute atomic E-state index is 0.239. The molecule has 0 saturated heterocycles. The SMILES string of the molecule is Cn1c(CNC2CC2)nnc1-c1ccc(F)cc1. The van der Waals surface area contributed by atoms with E-state index in [9.17, 15) is 4.39 Å². The molecule has 0 bridgehead atoms. The Morgan fingerprint density at radius 3 is 2.67 bits per heavy atom. The van der Waals surface area contributed by atoms with Crippen LogP contribution in [0, 0.1) is 5.82 Å². The maximum atomic E-state index is 12.9. The zero-order valence-electron chi connectivity index (χ0n) is 10.2. The first kappa shape index (κ1) is 11.3. The molecule has 1 heterocycles. The average Bonchev–Trinajstić information content (AvgIpc) is 3.13. The van der Waals surface area contributed by atoms with Gasteiger partial charge in [0, 0.05) is 18.7 Å². The van der Waals surface area contributed by atoms with Crippen molar-refractivity contribution in [2.24, 2.45) is 7.05 Å². The fraction of sp³-hybridized carbons (Fsp3) is 0.385. The highest BCUT2D eigenvalue weighted by Crippen LogP contribution is 2.20. The Morgan fingerprint density at radius 1 is 1.28 bits per heavy atom. The Hall–Kier alpha value is -1.75. The van der Waals surface area contributed by atoms with E-state index in [2.05, 4.69) is 15.5 Å². The molecule has 3 rings (SSSR count). The number of halogens is 1. The lowest BCUT2D eigenvalue weighted by molar-refractivity contribution is 0.627. The van der Waals surface area contributed by atoms with E-state index in [0.29, 0.717) is 6.04 Å². The minimum Gasteiger partial charge on any atom is -0.313 e. The summed E-state index contributed by atoms with van der Waals surface area (Å²) in [7, 11) is 1.93. The Balaban J connectivity index is 1.81. The Kier molecular flexibility index (Phi) is 2.83. The van der Waals surface area contributed by atoms with Gasteiger partial charge in [0.05, 0.1) is 6.54 Å². The van der Waals surface area contributed by atoms with Gasteiger partial charge in [0.25, 0.3) is 0 Å². The van der Waals surface area contributed by atoms with Gasteiger partial charge in [0.1, 0.15) is 11.6 Å². The number of nitrogens with zero attached hydrogens (tertiary/aromatic N) is 3. The molecule has 0 spiro atoms. The molecular formula is C13H15FN4. The van der Waals surface area contributed by atoms with Crippen molar-refractivity contribution in [1.82, 2.24) is 20.1 Å². The zero-order chi connectivity index (χ0) is 12.5. The van der Waals surface area contributed by atoms with E-state index in [1.807, 2.05) is 11.6 Å². The molecule has 1 aromatic heterocycles. The standard InChI is InChI=1S/C13H15FN4/c1-18-12(8-15-11-6-7-11)16-17-13(18)9-2-4-10(14)5-3-9/h2-5,11,15H,6-8H2,1H3. The number of benzene rings is 1. The highest BCUT2D eigenvalue weighted by molar-refractivity contribution is 5.54. The third-order valence-electron chi connectivity index (χ3n) is 3.19. The van der Waals surface area contributed by atoms with Gasteiger partial charge in [-0.1, -0.05) is 0 Å². The lowest BCUT2D eigenvalue weighted by atomic mass is 10.2. The first-order chi connectivity index (χ1) is 8.74. The van der Waals surface area contributed by atoms with Crippen LogP contribution >= 0.6 is 0 Å². The second kappa shape index (κ2) is 4.49. The molecule has 0 atom stereocenters. The molecule has 2 aromatic rings. The fourth-order valence-corrected chi connectivity index (χ4v) is 1.89. The van der Waals surface area contributed by atoms with Gasteiger partial charge in [0.2, 0.25) is 0 Å². The monoisotopic (exact) mass is 246 g/mol. The van der Waals surface area contributed by atoms with Gasteiger partial charge in [-0.15, -0.1) is 10.2 Å². The van der Waals surface area contributed by atoms with Crippen molar-refractivity contribution in [2.75, 3.05) is 0 Å². The van der Waals surface area contributed by atoms with Crippen LogP contribution in [0.4, 0.5) is 4.39 Å². The zero-order valence-corrected chi connectivity index (χ0v) is 10.2. The molecule has 0 amide bonds. The van der Waals surface area contributed by atoms with Crippen molar-refractivity contribution in [3.63, 3.8) is 0 Å². The van der Waals surface area contributed by atoms with E-state index in [1.165, 1.54) is 25.0 Å². The van der Waals surface area contributed by atoms with Gasteiger partial charge in [-0.05, 0) is 37.1 Å². The van der Waals surface area contributed by atoms with E-state index in [1.54, 1.807) is 12.1 Å². The lowest BCUT2D eigenvalue weighted by Gasteiger charge is -2.04. The molecule has 4 nitrogen and oxygen atoms in total. The van der Waals surface area contributed by atoms with Gasteiger partial charge >= 0.3 is 0 Å². The van der Waals surface area contributed by atoms with E-state index in [0.717, 1.165) is 23.8 Å². The molecule has 0 aliphatic heterocycles. The van der Waals surface area contributed by atoms with E-state index >= 15 is 0 Å². The predicted octanol–water partition coefficient (Wildman–Crippen LogP) is 1.87. The summed E-state index contributed by atoms with van der Waals surface area (Å²) in [6.07, 6.45) is 2.51. The molecule has 1 aromatic carbocycles. The van der Waals surface area contributed by atoms with E-state index in [4.69, 9.17) is 0 Å². The number of hydrogen-bond acceptors (Lipinski definition) is 3. The van der Waals surface area contributed by atoms with Crippen LogP contribution in [0.3, 0.4) is 0 Å². The van der Waals surface area contributed by atoms with Gasteiger partial charge in [0.15, 0.2) is 5.82 Å². The lowest BCUT2D eigenvalue weighted by Crippen LogP contribution is -2.18. The highest BCUT2D eigenvalue weighted by Gasteiger charge is 2.21. The van der Waals surface area contributed by atoms with Crippen molar-refractivity contribution in [2.45, 2.75) is 25.4 Å². The summed E-state index contributed by atoms with van der Waals surface area (Å²) in [4.78, 5) is 0. The molecule has 1 aliphatic rings. The van der Waals surface area contributed by atoms with Crippen molar-refractivity contribution >= 4 is 0 Å². The first-order valence-corrected chi connectivity index (χ1v) is 6.11. The van der Waals surface area contributed by atoms with Crippen LogP contribution < -0.4 is 5.32 Å². The fourth-order valence-electron chi connectivity index (χ4n) is 1.89. The van der Waals surface area contributed by atoms with Crippen LogP contribution in [0.5, 0.6) is 0 Å². The van der Waals surface area contributed by atoms with Gasteiger partial charge < -0.3 is 9.88 Å². The number of rotatable bonds is 4. The Morgan fingerprint density at radius 2 is 2.00 bits per heavy atom. The third-order valence-corrected chi connectivity index (χ3v) is 3.19. The first-order valence-electron chi connectivity index (χ1n) is 6.11. The highest BCUT2D eigenvalue weighted by atomic mass is 19.1. The second-order valence-corrected chi connectivity index (χ2v) is 4.66. The molecule has 0 radical (unpaired) electrons. The van der Waals surface area contributed by atoms with Crippen molar-refractivity contribution in [3.8, 4) is 11.4 Å². The molecule has 1 aliphatic carbocycles. The topological polar surface area (TPSA) is 42.7 Å². The molecule has 5 heteroatoms. The number of nitrogens with one attached hydrogen (secondary N) is 1. The van der Waals surface area contributed by atoms with Crippen molar-refractivity contribution in [3.05, 3.63) is 35.9 Å². The van der Waals surface area contributed by atoms with Crippen LogP contribution in [0.2, 0.25) is 0 Å². The van der Waals surface area contributed by atoms with Crippen LogP contribution in [0.25, 0.3) is 11.4 Å². The Labute approximate surface area is 105 Å². The molecule has 1 fully saturated rings. The van der Waals surface area contributed by atoms with Crippen LogP contribution in [0.1, 0.15) is 18.7 Å². The van der Waals surface area contributed by atoms with Gasteiger partial charge in [-0.25, -0.2) is 4.39 Å². The summed E-state index contributed by atoms with van der Waals surface area (Å²) in [6.45, 7) is 0.732. The minimum atomic E-state index is -0.239. The molecule has 1 saturated carbocycles. The smallest absolute Gasteiger partial charge is 0.163 e. The second-order valence-electron chi connectivity index (χ2n) is 4.66. The summed E-state index contributed by atoms with van der Waals surface area (Å²) < 4.78 is 14.8. The van der Waals surface area contributed by atoms with E-state index in [-0.39, 0.29) is 5.82 Å². The molecule has 0 unspecified atom stereocenters. The van der Waals surface area contributed by atoms with Crippen LogP contribution in [-0.4, -0.2) is 20.8 Å². The maximum Gasteiger partial charge on any atom is 0.163 e. The summed E-state index contributed by atoms with van der Waals surface area (Å²) in [6, 6.07) is 6.96. The van der Waals surface area contributed by atoms with E-state index < -0.39 is 0 Å². The van der Waals surface area contributed by atoms with Gasteiger partial charge in [-0.2, -0.15) is 0 Å². The summed E-state index contributed by atoms with van der Waals surface area (Å²) in [5.74, 6) is 1.43.